The Morgan fingerprint density at radius 2 is 1.76 bits per heavy atom. The fourth-order valence-electron chi connectivity index (χ4n) is 3.47. The SMILES string of the molecule is O=C(CCCc1nc(-c2ccccc2)no1)NCc1ccc(S(=O)(=O)N2CCOCC2)cc1. The van der Waals surface area contributed by atoms with E-state index in [1.807, 2.05) is 30.3 Å². The number of sulfonamides is 1. The highest BCUT2D eigenvalue weighted by atomic mass is 32.2. The van der Waals surface area contributed by atoms with E-state index in [1.54, 1.807) is 24.3 Å². The van der Waals surface area contributed by atoms with E-state index in [4.69, 9.17) is 9.26 Å². The summed E-state index contributed by atoms with van der Waals surface area (Å²) in [6, 6.07) is 16.1. The van der Waals surface area contributed by atoms with Crippen molar-refractivity contribution in [3.05, 3.63) is 66.1 Å². The Bertz CT molecular complexity index is 1160. The second-order valence-corrected chi connectivity index (χ2v) is 9.61. The van der Waals surface area contributed by atoms with Gasteiger partial charge in [-0.05, 0) is 24.1 Å². The van der Waals surface area contributed by atoms with Crippen LogP contribution in [0, 0.1) is 0 Å². The average Bonchev–Trinajstić information content (AvgIpc) is 3.33. The molecule has 0 radical (unpaired) electrons. The van der Waals surface area contributed by atoms with Crippen molar-refractivity contribution in [2.75, 3.05) is 26.3 Å². The molecule has 4 rings (SSSR count). The lowest BCUT2D eigenvalue weighted by Gasteiger charge is -2.26. The molecule has 1 aliphatic rings. The number of carbonyl (C=O) groups is 1. The van der Waals surface area contributed by atoms with Gasteiger partial charge in [0.25, 0.3) is 0 Å². The van der Waals surface area contributed by atoms with E-state index in [1.165, 1.54) is 4.31 Å². The van der Waals surface area contributed by atoms with Gasteiger partial charge in [0, 0.05) is 38.0 Å². The topological polar surface area (TPSA) is 115 Å². The molecule has 174 valence electrons. The molecule has 0 unspecified atom stereocenters. The van der Waals surface area contributed by atoms with Crippen LogP contribution < -0.4 is 5.32 Å². The molecule has 1 fully saturated rings. The van der Waals surface area contributed by atoms with Crippen LogP contribution in [0.1, 0.15) is 24.3 Å². The molecule has 1 aromatic heterocycles. The molecule has 0 saturated carbocycles. The quantitative estimate of drug-likeness (QED) is 0.511. The molecule has 3 aromatic rings. The number of hydrogen-bond acceptors (Lipinski definition) is 7. The molecule has 1 N–H and O–H groups in total. The molecule has 1 aliphatic heterocycles. The van der Waals surface area contributed by atoms with Gasteiger partial charge in [0.05, 0.1) is 18.1 Å². The molecule has 33 heavy (non-hydrogen) atoms. The summed E-state index contributed by atoms with van der Waals surface area (Å²) in [5.41, 5.74) is 1.71. The molecule has 0 spiro atoms. The summed E-state index contributed by atoms with van der Waals surface area (Å²) in [6.07, 6.45) is 1.42. The third-order valence-corrected chi connectivity index (χ3v) is 7.23. The van der Waals surface area contributed by atoms with Gasteiger partial charge in [-0.3, -0.25) is 4.79 Å². The van der Waals surface area contributed by atoms with Gasteiger partial charge in [0.2, 0.25) is 27.6 Å². The van der Waals surface area contributed by atoms with Crippen LogP contribution in [0.25, 0.3) is 11.4 Å². The number of rotatable bonds is 9. The van der Waals surface area contributed by atoms with Gasteiger partial charge >= 0.3 is 0 Å². The lowest BCUT2D eigenvalue weighted by molar-refractivity contribution is -0.121. The van der Waals surface area contributed by atoms with E-state index >= 15 is 0 Å². The molecule has 2 aromatic carbocycles. The van der Waals surface area contributed by atoms with Crippen LogP contribution in [-0.2, 0) is 32.5 Å². The number of ether oxygens (including phenoxy) is 1. The Balaban J connectivity index is 1.21. The molecule has 0 bridgehead atoms. The number of amides is 1. The summed E-state index contributed by atoms with van der Waals surface area (Å²) in [7, 11) is -3.52. The lowest BCUT2D eigenvalue weighted by atomic mass is 10.2. The van der Waals surface area contributed by atoms with E-state index in [0.29, 0.717) is 63.8 Å². The van der Waals surface area contributed by atoms with Crippen LogP contribution >= 0.6 is 0 Å². The van der Waals surface area contributed by atoms with E-state index in [0.717, 1.165) is 11.1 Å². The van der Waals surface area contributed by atoms with Gasteiger partial charge in [0.1, 0.15) is 0 Å². The minimum absolute atomic E-state index is 0.0946. The third-order valence-electron chi connectivity index (χ3n) is 5.32. The van der Waals surface area contributed by atoms with Crippen molar-refractivity contribution < 1.29 is 22.5 Å². The summed E-state index contributed by atoms with van der Waals surface area (Å²) >= 11 is 0. The summed E-state index contributed by atoms with van der Waals surface area (Å²) in [5, 5.41) is 6.83. The maximum Gasteiger partial charge on any atom is 0.243 e. The van der Waals surface area contributed by atoms with Crippen LogP contribution in [0.15, 0.2) is 64.0 Å². The molecule has 0 aliphatic carbocycles. The zero-order valence-corrected chi connectivity index (χ0v) is 19.0. The Labute approximate surface area is 192 Å². The number of nitrogens with one attached hydrogen (secondary N) is 1. The molecular weight excluding hydrogens is 444 g/mol. The smallest absolute Gasteiger partial charge is 0.243 e. The number of morpholine rings is 1. The predicted molar refractivity (Wildman–Crippen MR) is 121 cm³/mol. The molecule has 10 heteroatoms. The zero-order chi connectivity index (χ0) is 23.1. The van der Waals surface area contributed by atoms with Crippen LogP contribution in [0.5, 0.6) is 0 Å². The van der Waals surface area contributed by atoms with Crippen LogP contribution in [0.3, 0.4) is 0 Å². The second kappa shape index (κ2) is 10.7. The van der Waals surface area contributed by atoms with E-state index < -0.39 is 10.0 Å². The van der Waals surface area contributed by atoms with Gasteiger partial charge in [-0.1, -0.05) is 47.6 Å². The van der Waals surface area contributed by atoms with Crippen molar-refractivity contribution in [2.45, 2.75) is 30.7 Å². The van der Waals surface area contributed by atoms with Crippen molar-refractivity contribution in [1.29, 1.82) is 0 Å². The summed E-state index contributed by atoms with van der Waals surface area (Å²) in [6.45, 7) is 1.86. The van der Waals surface area contributed by atoms with E-state index in [2.05, 4.69) is 15.5 Å². The first kappa shape index (κ1) is 23.1. The molecule has 1 saturated heterocycles. The minimum atomic E-state index is -3.52. The average molecular weight is 471 g/mol. The highest BCUT2D eigenvalue weighted by molar-refractivity contribution is 7.89. The Morgan fingerprint density at radius 1 is 1.03 bits per heavy atom. The van der Waals surface area contributed by atoms with Gasteiger partial charge < -0.3 is 14.6 Å². The molecular formula is C23H26N4O5S. The fourth-order valence-corrected chi connectivity index (χ4v) is 4.87. The van der Waals surface area contributed by atoms with Gasteiger partial charge in [0.15, 0.2) is 0 Å². The van der Waals surface area contributed by atoms with Crippen LogP contribution in [0.4, 0.5) is 0 Å². The van der Waals surface area contributed by atoms with Gasteiger partial charge in [-0.15, -0.1) is 0 Å². The summed E-state index contributed by atoms with van der Waals surface area (Å²) in [5.74, 6) is 0.940. The Morgan fingerprint density at radius 3 is 2.48 bits per heavy atom. The number of hydrogen-bond donors (Lipinski definition) is 1. The fraction of sp³-hybridized carbons (Fsp3) is 0.348. The normalized spacial score (nSPS) is 14.8. The number of aromatic nitrogens is 2. The molecule has 9 nitrogen and oxygen atoms in total. The second-order valence-electron chi connectivity index (χ2n) is 7.67. The first-order chi connectivity index (χ1) is 16.0. The van der Waals surface area contributed by atoms with Crippen LogP contribution in [-0.4, -0.2) is 55.1 Å². The largest absolute Gasteiger partial charge is 0.379 e. The standard InChI is InChI=1S/C23H26N4O5S/c28-21(7-4-8-22-25-23(26-32-22)19-5-2-1-3-6-19)24-17-18-9-11-20(12-10-18)33(29,30)27-13-15-31-16-14-27/h1-3,5-6,9-12H,4,7-8,13-17H2,(H,24,28). The number of nitrogens with zero attached hydrogens (tertiary/aromatic N) is 3. The number of carbonyl (C=O) groups excluding carboxylic acids is 1. The lowest BCUT2D eigenvalue weighted by Crippen LogP contribution is -2.40. The number of aryl methyl sites for hydroxylation is 1. The Hall–Kier alpha value is -3.08. The molecule has 1 amide bonds. The monoisotopic (exact) mass is 470 g/mol. The van der Waals surface area contributed by atoms with Crippen LogP contribution in [0.2, 0.25) is 0 Å². The number of benzene rings is 2. The highest BCUT2D eigenvalue weighted by Gasteiger charge is 2.26. The summed E-state index contributed by atoms with van der Waals surface area (Å²) in [4.78, 5) is 16.8. The van der Waals surface area contributed by atoms with Crippen molar-refractivity contribution in [1.82, 2.24) is 19.8 Å². The molecule has 2 heterocycles. The first-order valence-electron chi connectivity index (χ1n) is 10.8. The molecule has 0 atom stereocenters. The zero-order valence-electron chi connectivity index (χ0n) is 18.1. The van der Waals surface area contributed by atoms with Crippen molar-refractivity contribution in [3.8, 4) is 11.4 Å². The van der Waals surface area contributed by atoms with Gasteiger partial charge in [-0.25, -0.2) is 8.42 Å². The summed E-state index contributed by atoms with van der Waals surface area (Å²) < 4.78 is 37.2. The van der Waals surface area contributed by atoms with Crippen molar-refractivity contribution in [2.24, 2.45) is 0 Å². The van der Waals surface area contributed by atoms with Gasteiger partial charge in [-0.2, -0.15) is 9.29 Å². The van der Waals surface area contributed by atoms with Crippen molar-refractivity contribution >= 4 is 15.9 Å². The van der Waals surface area contributed by atoms with E-state index in [-0.39, 0.29) is 10.8 Å². The minimum Gasteiger partial charge on any atom is -0.379 e. The van der Waals surface area contributed by atoms with E-state index in [9.17, 15) is 13.2 Å². The maximum atomic E-state index is 12.7. The first-order valence-corrected chi connectivity index (χ1v) is 12.3. The maximum absolute atomic E-state index is 12.7. The van der Waals surface area contributed by atoms with Crippen molar-refractivity contribution in [3.63, 3.8) is 0 Å². The third kappa shape index (κ3) is 6.04. The highest BCUT2D eigenvalue weighted by Crippen LogP contribution is 2.18. The Kier molecular flexibility index (Phi) is 7.48. The predicted octanol–water partition coefficient (Wildman–Crippen LogP) is 2.40.